The Morgan fingerprint density at radius 1 is 1.00 bits per heavy atom. The Kier molecular flexibility index (Phi) is 5.84. The molecular weight excluding hydrogens is 322 g/mol. The summed E-state index contributed by atoms with van der Waals surface area (Å²) in [5.41, 5.74) is 3.71. The maximum Gasteiger partial charge on any atom is 0.290 e. The molecule has 0 saturated carbocycles. The van der Waals surface area contributed by atoms with E-state index in [1.165, 1.54) is 0 Å². The molecule has 0 spiro atoms. The Balaban J connectivity index is 0.000000701. The van der Waals surface area contributed by atoms with Crippen molar-refractivity contribution < 1.29 is 19.4 Å². The Bertz CT molecular complexity index is 880. The average molecular weight is 341 g/mol. The lowest BCUT2D eigenvalue weighted by Crippen LogP contribution is -1.95. The van der Waals surface area contributed by atoms with Gasteiger partial charge in [-0.2, -0.15) is 0 Å². The molecule has 0 aliphatic heterocycles. The molecule has 130 valence electrons. The number of hydrogen-bond acceptors (Lipinski definition) is 6. The maximum absolute atomic E-state index is 8.36. The second-order valence-corrected chi connectivity index (χ2v) is 5.17. The predicted octanol–water partition coefficient (Wildman–Crippen LogP) is 3.03. The number of fused-ring (bicyclic) bond motifs is 1. The fourth-order valence-electron chi connectivity index (χ4n) is 2.39. The molecule has 3 rings (SSSR count). The van der Waals surface area contributed by atoms with Gasteiger partial charge in [0.1, 0.15) is 5.82 Å². The van der Waals surface area contributed by atoms with Gasteiger partial charge in [-0.25, -0.2) is 15.0 Å². The fourth-order valence-corrected chi connectivity index (χ4v) is 2.39. The van der Waals surface area contributed by atoms with Crippen LogP contribution in [-0.2, 0) is 4.79 Å². The highest BCUT2D eigenvalue weighted by Crippen LogP contribution is 2.34. The molecule has 7 heteroatoms. The topological polar surface area (TPSA) is 94.4 Å². The van der Waals surface area contributed by atoms with Gasteiger partial charge >= 0.3 is 0 Å². The van der Waals surface area contributed by atoms with Gasteiger partial charge in [0.25, 0.3) is 6.47 Å². The molecular formula is C18H19N3O4. The molecule has 0 bridgehead atoms. The molecule has 0 aliphatic carbocycles. The van der Waals surface area contributed by atoms with Crippen LogP contribution < -0.4 is 9.47 Å². The van der Waals surface area contributed by atoms with E-state index in [-0.39, 0.29) is 6.47 Å². The summed E-state index contributed by atoms with van der Waals surface area (Å²) in [5.74, 6) is 2.11. The smallest absolute Gasteiger partial charge is 0.290 e. The molecule has 0 fully saturated rings. The molecule has 0 amide bonds. The molecule has 7 nitrogen and oxygen atoms in total. The molecule has 0 radical (unpaired) electrons. The number of aromatic nitrogens is 3. The molecule has 3 aromatic rings. The van der Waals surface area contributed by atoms with Gasteiger partial charge in [-0.05, 0) is 31.5 Å². The lowest BCUT2D eigenvalue weighted by atomic mass is 10.1. The van der Waals surface area contributed by atoms with Crippen LogP contribution in [0.3, 0.4) is 0 Å². The second-order valence-electron chi connectivity index (χ2n) is 5.17. The molecule has 25 heavy (non-hydrogen) atoms. The van der Waals surface area contributed by atoms with Gasteiger partial charge in [0.05, 0.1) is 25.4 Å². The third-order valence-corrected chi connectivity index (χ3v) is 3.60. The maximum atomic E-state index is 8.36. The van der Waals surface area contributed by atoms with E-state index in [4.69, 9.17) is 24.4 Å². The SMILES string of the molecule is COc1cc2nc(-c3cnc(C)nc3)cc(C)c2cc1OC.O=CO. The van der Waals surface area contributed by atoms with Crippen LogP contribution in [0.4, 0.5) is 0 Å². The summed E-state index contributed by atoms with van der Waals surface area (Å²) >= 11 is 0. The first-order valence-electron chi connectivity index (χ1n) is 7.44. The zero-order chi connectivity index (χ0) is 18.4. The van der Waals surface area contributed by atoms with Crippen molar-refractivity contribution >= 4 is 17.4 Å². The van der Waals surface area contributed by atoms with Crippen LogP contribution in [0.5, 0.6) is 11.5 Å². The number of methoxy groups -OCH3 is 2. The highest BCUT2D eigenvalue weighted by atomic mass is 16.5. The van der Waals surface area contributed by atoms with Gasteiger partial charge in [0.2, 0.25) is 0 Å². The van der Waals surface area contributed by atoms with E-state index < -0.39 is 0 Å². The lowest BCUT2D eigenvalue weighted by molar-refractivity contribution is -0.122. The highest BCUT2D eigenvalue weighted by Gasteiger charge is 2.11. The van der Waals surface area contributed by atoms with Crippen LogP contribution in [-0.4, -0.2) is 40.8 Å². The minimum Gasteiger partial charge on any atom is -0.493 e. The summed E-state index contributed by atoms with van der Waals surface area (Å²) in [4.78, 5) is 21.5. The predicted molar refractivity (Wildman–Crippen MR) is 94.0 cm³/mol. The number of aryl methyl sites for hydroxylation is 2. The molecule has 2 heterocycles. The van der Waals surface area contributed by atoms with E-state index in [2.05, 4.69) is 16.9 Å². The van der Waals surface area contributed by atoms with E-state index in [1.807, 2.05) is 25.1 Å². The standard InChI is InChI=1S/C17H17N3O2.CH2O2/c1-10-5-14(12-8-18-11(2)19-9-12)20-15-7-17(22-4)16(21-3)6-13(10)15;2-1-3/h5-9H,1-4H3;1H,(H,2,3). The molecule has 0 unspecified atom stereocenters. The zero-order valence-corrected chi connectivity index (χ0v) is 14.5. The first kappa shape index (κ1) is 18.1. The van der Waals surface area contributed by atoms with E-state index >= 15 is 0 Å². The Morgan fingerprint density at radius 2 is 1.56 bits per heavy atom. The molecule has 2 aromatic heterocycles. The number of hydrogen-bond donors (Lipinski definition) is 1. The summed E-state index contributed by atoms with van der Waals surface area (Å²) in [6, 6.07) is 5.87. The van der Waals surface area contributed by atoms with E-state index in [9.17, 15) is 0 Å². The zero-order valence-electron chi connectivity index (χ0n) is 14.5. The normalized spacial score (nSPS) is 9.92. The van der Waals surface area contributed by atoms with Gasteiger partial charge in [-0.1, -0.05) is 0 Å². The molecule has 0 saturated heterocycles. The minimum atomic E-state index is -0.250. The van der Waals surface area contributed by atoms with E-state index in [0.717, 1.165) is 33.5 Å². The highest BCUT2D eigenvalue weighted by molar-refractivity contribution is 5.88. The van der Waals surface area contributed by atoms with Crippen LogP contribution in [0.15, 0.2) is 30.6 Å². The van der Waals surface area contributed by atoms with Crippen LogP contribution in [0.25, 0.3) is 22.2 Å². The summed E-state index contributed by atoms with van der Waals surface area (Å²) < 4.78 is 10.7. The second kappa shape index (κ2) is 8.05. The van der Waals surface area contributed by atoms with Gasteiger partial charge in [0, 0.05) is 29.4 Å². The average Bonchev–Trinajstić information content (AvgIpc) is 2.62. The molecule has 1 aromatic carbocycles. The van der Waals surface area contributed by atoms with Gasteiger partial charge < -0.3 is 14.6 Å². The van der Waals surface area contributed by atoms with Crippen LogP contribution in [0, 0.1) is 13.8 Å². The summed E-state index contributed by atoms with van der Waals surface area (Å²) in [6.07, 6.45) is 3.58. The summed E-state index contributed by atoms with van der Waals surface area (Å²) in [7, 11) is 3.25. The fraction of sp³-hybridized carbons (Fsp3) is 0.222. The van der Waals surface area contributed by atoms with Crippen molar-refractivity contribution in [2.45, 2.75) is 13.8 Å². The number of carbonyl (C=O) groups is 1. The van der Waals surface area contributed by atoms with Gasteiger partial charge in [-0.15, -0.1) is 0 Å². The van der Waals surface area contributed by atoms with Crippen LogP contribution >= 0.6 is 0 Å². The summed E-state index contributed by atoms with van der Waals surface area (Å²) in [5, 5.41) is 7.93. The summed E-state index contributed by atoms with van der Waals surface area (Å²) in [6.45, 7) is 3.66. The third-order valence-electron chi connectivity index (χ3n) is 3.60. The van der Waals surface area contributed by atoms with Crippen molar-refractivity contribution in [2.24, 2.45) is 0 Å². The number of benzene rings is 1. The van der Waals surface area contributed by atoms with Gasteiger partial charge in [0.15, 0.2) is 11.5 Å². The van der Waals surface area contributed by atoms with E-state index in [0.29, 0.717) is 11.5 Å². The molecule has 1 N–H and O–H groups in total. The quantitative estimate of drug-likeness (QED) is 0.732. The van der Waals surface area contributed by atoms with Crippen molar-refractivity contribution in [2.75, 3.05) is 14.2 Å². The first-order valence-corrected chi connectivity index (χ1v) is 7.44. The number of ether oxygens (including phenoxy) is 2. The Hall–Kier alpha value is -3.22. The number of rotatable bonds is 3. The van der Waals surface area contributed by atoms with Crippen molar-refractivity contribution in [1.82, 2.24) is 15.0 Å². The van der Waals surface area contributed by atoms with E-state index in [1.54, 1.807) is 26.6 Å². The first-order chi connectivity index (χ1) is 12.0. The van der Waals surface area contributed by atoms with Crippen molar-refractivity contribution in [1.29, 1.82) is 0 Å². The van der Waals surface area contributed by atoms with Crippen LogP contribution in [0.1, 0.15) is 11.4 Å². The lowest BCUT2D eigenvalue weighted by Gasteiger charge is -2.11. The number of carboxylic acid groups (broad SMARTS) is 1. The Morgan fingerprint density at radius 3 is 2.12 bits per heavy atom. The number of pyridine rings is 1. The number of nitrogens with zero attached hydrogens (tertiary/aromatic N) is 3. The van der Waals surface area contributed by atoms with Gasteiger partial charge in [-0.3, -0.25) is 4.79 Å². The van der Waals surface area contributed by atoms with Crippen molar-refractivity contribution in [3.63, 3.8) is 0 Å². The minimum absolute atomic E-state index is 0.250. The van der Waals surface area contributed by atoms with Crippen LogP contribution in [0.2, 0.25) is 0 Å². The van der Waals surface area contributed by atoms with Crippen molar-refractivity contribution in [3.8, 4) is 22.8 Å². The Labute approximate surface area is 145 Å². The molecule has 0 atom stereocenters. The van der Waals surface area contributed by atoms with Crippen molar-refractivity contribution in [3.05, 3.63) is 42.0 Å². The monoisotopic (exact) mass is 341 g/mol. The third kappa shape index (κ3) is 4.00. The molecule has 0 aliphatic rings. The largest absolute Gasteiger partial charge is 0.493 e.